The van der Waals surface area contributed by atoms with Gasteiger partial charge in [-0.1, -0.05) is 29.8 Å². The fourth-order valence-corrected chi connectivity index (χ4v) is 2.41. The molecule has 0 aliphatic rings. The summed E-state index contributed by atoms with van der Waals surface area (Å²) in [6.45, 7) is 8.49. The Kier molecular flexibility index (Phi) is 7.66. The van der Waals surface area contributed by atoms with E-state index in [0.717, 1.165) is 32.1 Å². The molecule has 0 heterocycles. The molecule has 0 unspecified atom stereocenters. The van der Waals surface area contributed by atoms with E-state index in [1.54, 1.807) is 0 Å². The van der Waals surface area contributed by atoms with Crippen molar-refractivity contribution in [2.45, 2.75) is 20.4 Å². The number of rotatable bonds is 7. The van der Waals surface area contributed by atoms with Crippen LogP contribution in [0.25, 0.3) is 0 Å². The lowest BCUT2D eigenvalue weighted by Gasteiger charge is -2.09. The highest BCUT2D eigenvalue weighted by Gasteiger charge is 2.00. The Morgan fingerprint density at radius 3 is 2.65 bits per heavy atom. The maximum Gasteiger partial charge on any atom is 0.0220 e. The van der Waals surface area contributed by atoms with Gasteiger partial charge in [-0.15, -0.1) is 0 Å². The van der Waals surface area contributed by atoms with Crippen LogP contribution in [-0.4, -0.2) is 19.6 Å². The third-order valence-electron chi connectivity index (χ3n) is 2.35. The summed E-state index contributed by atoms with van der Waals surface area (Å²) in [7, 11) is 0. The maximum atomic E-state index is 3.57. The van der Waals surface area contributed by atoms with E-state index in [1.165, 1.54) is 13.6 Å². The molecule has 17 heavy (non-hydrogen) atoms. The molecular formula is C13H20BrIN2. The molecule has 0 aromatic heterocycles. The molecule has 0 bridgehead atoms. The second-order valence-electron chi connectivity index (χ2n) is 4.51. The first-order chi connectivity index (χ1) is 8.09. The van der Waals surface area contributed by atoms with E-state index in [1.807, 2.05) is 0 Å². The molecule has 0 atom stereocenters. The number of hydrogen-bond donors (Lipinski definition) is 2. The predicted octanol–water partition coefficient (Wildman–Crippen LogP) is 3.39. The third-order valence-corrected chi connectivity index (χ3v) is 3.80. The Bertz CT molecular complexity index is 342. The highest BCUT2D eigenvalue weighted by atomic mass is 127. The summed E-state index contributed by atoms with van der Waals surface area (Å²) in [5.74, 6) is 0.722. The van der Waals surface area contributed by atoms with Gasteiger partial charge in [0.2, 0.25) is 0 Å². The number of hydrogen-bond acceptors (Lipinski definition) is 2. The molecule has 2 N–H and O–H groups in total. The van der Waals surface area contributed by atoms with Crippen molar-refractivity contribution in [1.29, 1.82) is 0 Å². The minimum absolute atomic E-state index is 0.722. The van der Waals surface area contributed by atoms with Crippen LogP contribution in [0, 0.1) is 9.49 Å². The Balaban J connectivity index is 2.20. The van der Waals surface area contributed by atoms with Crippen LogP contribution in [0.3, 0.4) is 0 Å². The van der Waals surface area contributed by atoms with Crippen molar-refractivity contribution in [3.05, 3.63) is 31.8 Å². The van der Waals surface area contributed by atoms with Gasteiger partial charge in [0, 0.05) is 27.7 Å². The Morgan fingerprint density at radius 2 is 1.94 bits per heavy atom. The van der Waals surface area contributed by atoms with Gasteiger partial charge in [0.15, 0.2) is 0 Å². The average molecular weight is 411 g/mol. The molecule has 96 valence electrons. The summed E-state index contributed by atoms with van der Waals surface area (Å²) in [4.78, 5) is 0. The second kappa shape index (κ2) is 8.45. The SMILES string of the molecule is CC(C)CNCCNCc1cc(I)ccc1Br. The van der Waals surface area contributed by atoms with E-state index >= 15 is 0 Å². The molecule has 4 heteroatoms. The van der Waals surface area contributed by atoms with Gasteiger partial charge in [-0.2, -0.15) is 0 Å². The van der Waals surface area contributed by atoms with Crippen molar-refractivity contribution < 1.29 is 0 Å². The summed E-state index contributed by atoms with van der Waals surface area (Å²) >= 11 is 5.92. The van der Waals surface area contributed by atoms with Gasteiger partial charge in [-0.25, -0.2) is 0 Å². The van der Waals surface area contributed by atoms with Gasteiger partial charge in [0.05, 0.1) is 0 Å². The third kappa shape index (κ3) is 6.74. The van der Waals surface area contributed by atoms with Crippen molar-refractivity contribution in [1.82, 2.24) is 10.6 Å². The molecule has 1 aromatic rings. The predicted molar refractivity (Wildman–Crippen MR) is 86.3 cm³/mol. The van der Waals surface area contributed by atoms with Crippen LogP contribution in [0.1, 0.15) is 19.4 Å². The Labute approximate surface area is 126 Å². The fraction of sp³-hybridized carbons (Fsp3) is 0.538. The zero-order chi connectivity index (χ0) is 12.7. The standard InChI is InChI=1S/C13H20BrIN2/c1-10(2)8-16-5-6-17-9-11-7-12(15)3-4-13(11)14/h3-4,7,10,16-17H,5-6,8-9H2,1-2H3. The fourth-order valence-electron chi connectivity index (χ4n) is 1.47. The van der Waals surface area contributed by atoms with Crippen molar-refractivity contribution in [2.24, 2.45) is 5.92 Å². The van der Waals surface area contributed by atoms with Gasteiger partial charge in [-0.3, -0.25) is 0 Å². The molecule has 0 saturated carbocycles. The van der Waals surface area contributed by atoms with Crippen LogP contribution < -0.4 is 10.6 Å². The Morgan fingerprint density at radius 1 is 1.24 bits per heavy atom. The van der Waals surface area contributed by atoms with Crippen molar-refractivity contribution in [2.75, 3.05) is 19.6 Å². The summed E-state index contributed by atoms with van der Waals surface area (Å²) in [6, 6.07) is 6.42. The summed E-state index contributed by atoms with van der Waals surface area (Å²) in [6.07, 6.45) is 0. The number of benzene rings is 1. The van der Waals surface area contributed by atoms with Crippen molar-refractivity contribution >= 4 is 38.5 Å². The molecule has 0 amide bonds. The van der Waals surface area contributed by atoms with Crippen molar-refractivity contribution in [3.8, 4) is 0 Å². The van der Waals surface area contributed by atoms with E-state index in [9.17, 15) is 0 Å². The normalized spacial score (nSPS) is 11.1. The van der Waals surface area contributed by atoms with E-state index in [2.05, 4.69) is 81.2 Å². The summed E-state index contributed by atoms with van der Waals surface area (Å²) < 4.78 is 2.46. The first kappa shape index (κ1) is 15.4. The van der Waals surface area contributed by atoms with Gasteiger partial charge < -0.3 is 10.6 Å². The highest BCUT2D eigenvalue weighted by Crippen LogP contribution is 2.19. The van der Waals surface area contributed by atoms with Gasteiger partial charge in [0.1, 0.15) is 0 Å². The largest absolute Gasteiger partial charge is 0.315 e. The summed E-state index contributed by atoms with van der Waals surface area (Å²) in [5, 5.41) is 6.87. The number of nitrogens with one attached hydrogen (secondary N) is 2. The van der Waals surface area contributed by atoms with Crippen LogP contribution >= 0.6 is 38.5 Å². The van der Waals surface area contributed by atoms with Crippen LogP contribution in [-0.2, 0) is 6.54 Å². The van der Waals surface area contributed by atoms with Crippen LogP contribution in [0.15, 0.2) is 22.7 Å². The molecule has 0 aliphatic heterocycles. The molecule has 0 aliphatic carbocycles. The van der Waals surface area contributed by atoms with Crippen LogP contribution in [0.2, 0.25) is 0 Å². The van der Waals surface area contributed by atoms with Crippen LogP contribution in [0.4, 0.5) is 0 Å². The lowest BCUT2D eigenvalue weighted by atomic mass is 10.2. The van der Waals surface area contributed by atoms with Gasteiger partial charge in [0.25, 0.3) is 0 Å². The molecule has 0 saturated heterocycles. The lowest BCUT2D eigenvalue weighted by Crippen LogP contribution is -2.29. The molecule has 1 aromatic carbocycles. The zero-order valence-corrected chi connectivity index (χ0v) is 14.1. The highest BCUT2D eigenvalue weighted by molar-refractivity contribution is 14.1. The van der Waals surface area contributed by atoms with Crippen LogP contribution in [0.5, 0.6) is 0 Å². The monoisotopic (exact) mass is 410 g/mol. The topological polar surface area (TPSA) is 24.1 Å². The second-order valence-corrected chi connectivity index (χ2v) is 6.61. The molecule has 0 fully saturated rings. The van der Waals surface area contributed by atoms with Crippen molar-refractivity contribution in [3.63, 3.8) is 0 Å². The average Bonchev–Trinajstić information content (AvgIpc) is 2.27. The van der Waals surface area contributed by atoms with E-state index < -0.39 is 0 Å². The Hall–Kier alpha value is 0.350. The smallest absolute Gasteiger partial charge is 0.0220 e. The molecule has 0 radical (unpaired) electrons. The van der Waals surface area contributed by atoms with Gasteiger partial charge in [-0.05, 0) is 58.8 Å². The number of halogens is 2. The van der Waals surface area contributed by atoms with E-state index in [4.69, 9.17) is 0 Å². The van der Waals surface area contributed by atoms with E-state index in [-0.39, 0.29) is 0 Å². The minimum atomic E-state index is 0.722. The quantitative estimate of drug-likeness (QED) is 0.531. The summed E-state index contributed by atoms with van der Waals surface area (Å²) in [5.41, 5.74) is 1.32. The first-order valence-electron chi connectivity index (χ1n) is 5.95. The molecule has 2 nitrogen and oxygen atoms in total. The molecule has 0 spiro atoms. The minimum Gasteiger partial charge on any atom is -0.315 e. The first-order valence-corrected chi connectivity index (χ1v) is 7.82. The maximum absolute atomic E-state index is 3.57. The lowest BCUT2D eigenvalue weighted by molar-refractivity contribution is 0.535. The van der Waals surface area contributed by atoms with E-state index in [0.29, 0.717) is 0 Å². The van der Waals surface area contributed by atoms with Gasteiger partial charge >= 0.3 is 0 Å². The zero-order valence-electron chi connectivity index (χ0n) is 10.4. The molecular weight excluding hydrogens is 391 g/mol. The molecule has 1 rings (SSSR count).